The number of esters is 3. The van der Waals surface area contributed by atoms with Crippen LogP contribution >= 0.6 is 0 Å². The molecule has 9 heteroatoms. The summed E-state index contributed by atoms with van der Waals surface area (Å²) in [4.78, 5) is 47.8. The van der Waals surface area contributed by atoms with Crippen molar-refractivity contribution in [2.24, 2.45) is 5.73 Å². The second kappa shape index (κ2) is 12.9. The fourth-order valence-corrected chi connectivity index (χ4v) is 3.86. The number of hydrogen-bond donors (Lipinski definition) is 2. The third kappa shape index (κ3) is 9.21. The second-order valence-corrected chi connectivity index (χ2v) is 8.44. The highest BCUT2D eigenvalue weighted by Gasteiger charge is 2.24. The zero-order chi connectivity index (χ0) is 24.4. The van der Waals surface area contributed by atoms with Crippen molar-refractivity contribution in [3.63, 3.8) is 0 Å². The van der Waals surface area contributed by atoms with Crippen LogP contribution in [0.25, 0.3) is 0 Å². The van der Waals surface area contributed by atoms with Crippen molar-refractivity contribution in [1.29, 1.82) is 0 Å². The van der Waals surface area contributed by atoms with Crippen molar-refractivity contribution in [2.45, 2.75) is 90.6 Å². The van der Waals surface area contributed by atoms with E-state index in [0.29, 0.717) is 0 Å². The minimum absolute atomic E-state index is 0.0656. The van der Waals surface area contributed by atoms with Crippen LogP contribution in [0.4, 0.5) is 0 Å². The Labute approximate surface area is 194 Å². The van der Waals surface area contributed by atoms with Gasteiger partial charge in [0.25, 0.3) is 5.91 Å². The lowest BCUT2D eigenvalue weighted by Gasteiger charge is -2.21. The molecule has 0 saturated heterocycles. The quantitative estimate of drug-likeness (QED) is 0.502. The summed E-state index contributed by atoms with van der Waals surface area (Å²) in [7, 11) is 0. The number of nitrogens with two attached hydrogens (primary N) is 1. The molecule has 0 heterocycles. The highest BCUT2D eigenvalue weighted by Crippen LogP contribution is 2.39. The van der Waals surface area contributed by atoms with Gasteiger partial charge in [0.15, 0.2) is 11.5 Å². The minimum Gasteiger partial charge on any atom is -0.423 e. The largest absolute Gasteiger partial charge is 0.423 e. The zero-order valence-corrected chi connectivity index (χ0v) is 19.6. The molecule has 2 unspecified atom stereocenters. The van der Waals surface area contributed by atoms with Gasteiger partial charge in [0.2, 0.25) is 5.75 Å². The summed E-state index contributed by atoms with van der Waals surface area (Å²) < 4.78 is 15.4. The smallest absolute Gasteiger partial charge is 0.308 e. The molecule has 2 rings (SSSR count). The predicted octanol–water partition coefficient (Wildman–Crippen LogP) is 3.41. The molecule has 182 valence electrons. The van der Waals surface area contributed by atoms with Gasteiger partial charge in [-0.2, -0.15) is 0 Å². The SMILES string of the molecule is CC(=O)Oc1cc(C(=O)NC2CCCCCCCC(N)CC2)cc(OC(C)=O)c1OC(C)=O. The summed E-state index contributed by atoms with van der Waals surface area (Å²) >= 11 is 0. The first-order valence-corrected chi connectivity index (χ1v) is 11.5. The number of amides is 1. The number of carbonyl (C=O) groups is 4. The Kier molecular flexibility index (Phi) is 10.3. The van der Waals surface area contributed by atoms with Gasteiger partial charge in [-0.05, 0) is 37.8 Å². The predicted molar refractivity (Wildman–Crippen MR) is 121 cm³/mol. The molecular weight excluding hydrogens is 428 g/mol. The van der Waals surface area contributed by atoms with E-state index in [1.54, 1.807) is 0 Å². The van der Waals surface area contributed by atoms with Crippen LogP contribution < -0.4 is 25.3 Å². The van der Waals surface area contributed by atoms with E-state index in [0.717, 1.165) is 58.3 Å². The molecule has 9 nitrogen and oxygen atoms in total. The maximum Gasteiger partial charge on any atom is 0.308 e. The van der Waals surface area contributed by atoms with Gasteiger partial charge in [0.1, 0.15) is 0 Å². The molecule has 1 aliphatic carbocycles. The van der Waals surface area contributed by atoms with Gasteiger partial charge in [-0.15, -0.1) is 0 Å². The van der Waals surface area contributed by atoms with Gasteiger partial charge < -0.3 is 25.3 Å². The topological polar surface area (TPSA) is 134 Å². The fourth-order valence-electron chi connectivity index (χ4n) is 3.86. The molecule has 1 saturated carbocycles. The highest BCUT2D eigenvalue weighted by molar-refractivity contribution is 5.96. The summed E-state index contributed by atoms with van der Waals surface area (Å²) in [5, 5.41) is 3.03. The van der Waals surface area contributed by atoms with Crippen LogP contribution in [0.15, 0.2) is 12.1 Å². The van der Waals surface area contributed by atoms with Crippen LogP contribution in [0.1, 0.15) is 88.9 Å². The molecule has 1 aliphatic rings. The number of hydrogen-bond acceptors (Lipinski definition) is 8. The van der Waals surface area contributed by atoms with Gasteiger partial charge in [0, 0.05) is 38.4 Å². The Bertz CT molecular complexity index is 831. The van der Waals surface area contributed by atoms with Gasteiger partial charge in [-0.25, -0.2) is 0 Å². The molecule has 1 aromatic rings. The average Bonchev–Trinajstić information content (AvgIpc) is 2.75. The average molecular weight is 463 g/mol. The first kappa shape index (κ1) is 26.3. The summed E-state index contributed by atoms with van der Waals surface area (Å²) in [6.45, 7) is 3.49. The van der Waals surface area contributed by atoms with E-state index in [1.807, 2.05) is 0 Å². The van der Waals surface area contributed by atoms with Gasteiger partial charge >= 0.3 is 17.9 Å². The van der Waals surface area contributed by atoms with Crippen molar-refractivity contribution in [3.8, 4) is 17.2 Å². The lowest BCUT2D eigenvalue weighted by atomic mass is 10.00. The molecule has 0 aliphatic heterocycles. The van der Waals surface area contributed by atoms with Crippen LogP contribution in [0, 0.1) is 0 Å². The van der Waals surface area contributed by atoms with E-state index in [2.05, 4.69) is 5.32 Å². The number of rotatable bonds is 5. The van der Waals surface area contributed by atoms with E-state index < -0.39 is 23.8 Å². The van der Waals surface area contributed by atoms with Crippen molar-refractivity contribution in [2.75, 3.05) is 0 Å². The Balaban J connectivity index is 2.31. The van der Waals surface area contributed by atoms with Gasteiger partial charge in [0.05, 0.1) is 0 Å². The summed E-state index contributed by atoms with van der Waals surface area (Å²) in [6, 6.07) is 2.62. The number of ether oxygens (including phenoxy) is 3. The van der Waals surface area contributed by atoms with Crippen LogP contribution in [0.2, 0.25) is 0 Å². The third-order valence-corrected chi connectivity index (χ3v) is 5.38. The first-order chi connectivity index (χ1) is 15.7. The molecule has 1 fully saturated rings. The van der Waals surface area contributed by atoms with E-state index in [4.69, 9.17) is 19.9 Å². The number of carbonyl (C=O) groups excluding carboxylic acids is 4. The van der Waals surface area contributed by atoms with Gasteiger partial charge in [-0.1, -0.05) is 32.1 Å². The second-order valence-electron chi connectivity index (χ2n) is 8.44. The Morgan fingerprint density at radius 1 is 0.758 bits per heavy atom. The third-order valence-electron chi connectivity index (χ3n) is 5.38. The van der Waals surface area contributed by atoms with Crippen LogP contribution in [0.3, 0.4) is 0 Å². The van der Waals surface area contributed by atoms with Crippen LogP contribution in [-0.2, 0) is 14.4 Å². The Hall–Kier alpha value is -2.94. The normalized spacial score (nSPS) is 19.5. The molecule has 1 amide bonds. The minimum atomic E-state index is -0.706. The van der Waals surface area contributed by atoms with E-state index in [-0.39, 0.29) is 34.9 Å². The molecule has 1 aromatic carbocycles. The maximum atomic E-state index is 13.1. The molecule has 3 N–H and O–H groups in total. The number of benzene rings is 1. The molecule has 0 aromatic heterocycles. The summed E-state index contributed by atoms with van der Waals surface area (Å²) in [5.74, 6) is -3.12. The van der Waals surface area contributed by atoms with Crippen LogP contribution in [0.5, 0.6) is 17.2 Å². The molecule has 33 heavy (non-hydrogen) atoms. The maximum absolute atomic E-state index is 13.1. The monoisotopic (exact) mass is 462 g/mol. The van der Waals surface area contributed by atoms with Crippen molar-refractivity contribution in [1.82, 2.24) is 5.32 Å². The molecular formula is C24H34N2O7. The Morgan fingerprint density at radius 3 is 1.82 bits per heavy atom. The fraction of sp³-hybridized carbons (Fsp3) is 0.583. The molecule has 0 spiro atoms. The lowest BCUT2D eigenvalue weighted by molar-refractivity contribution is -0.135. The molecule has 2 atom stereocenters. The highest BCUT2D eigenvalue weighted by atomic mass is 16.6. The molecule has 0 bridgehead atoms. The Morgan fingerprint density at radius 2 is 1.27 bits per heavy atom. The zero-order valence-electron chi connectivity index (χ0n) is 19.6. The van der Waals surface area contributed by atoms with E-state index in [9.17, 15) is 19.2 Å². The lowest BCUT2D eigenvalue weighted by Crippen LogP contribution is -2.36. The summed E-state index contributed by atoms with van der Waals surface area (Å²) in [5.41, 5.74) is 6.33. The van der Waals surface area contributed by atoms with Crippen molar-refractivity contribution >= 4 is 23.8 Å². The van der Waals surface area contributed by atoms with Crippen LogP contribution in [-0.4, -0.2) is 35.9 Å². The van der Waals surface area contributed by atoms with Crippen molar-refractivity contribution < 1.29 is 33.4 Å². The summed E-state index contributed by atoms with van der Waals surface area (Å²) in [6.07, 6.45) is 8.95. The van der Waals surface area contributed by atoms with Gasteiger partial charge in [-0.3, -0.25) is 19.2 Å². The standard InChI is InChI=1S/C24H34N2O7/c1-15(27)31-21-13-18(14-22(32-16(2)28)23(21)33-17(3)29)24(30)26-20-10-8-6-4-5-7-9-19(25)11-12-20/h13-14,19-20H,4-12,25H2,1-3H3,(H,26,30). The van der Waals surface area contributed by atoms with E-state index in [1.165, 1.54) is 32.4 Å². The van der Waals surface area contributed by atoms with E-state index >= 15 is 0 Å². The number of nitrogens with one attached hydrogen (secondary N) is 1. The van der Waals surface area contributed by atoms with Crippen molar-refractivity contribution in [3.05, 3.63) is 17.7 Å². The molecule has 0 radical (unpaired) electrons. The first-order valence-electron chi connectivity index (χ1n) is 11.5.